The maximum atomic E-state index is 13.1. The standard InChI is InChI=1S/C77H136O17P2/c1-5-9-13-17-21-25-29-32-34-35-37-40-43-46-50-54-58-62-75(80)88-68-73(94-77(82)64-60-56-52-48-44-38-31-27-23-19-15-11-7-3)70-92-96(85,86)90-66-71(78)65-89-95(83,84)91-69-72(93-76(81)63-59-55-51-47-41-28-24-20-16-12-8-4)67-87-74(79)61-57-53-49-45-42-39-36-33-30-26-22-18-14-10-6-2/h9,13,15,19,21-22,25-27,31-34,36,71-73,78H,5-8,10-12,14,16-18,20,23-24,28-30,35,37-70H2,1-4H3,(H,83,84)(H,85,86)/b13-9-,19-15-,25-21-,26-22-,31-27-,34-32-,36-33-. The van der Waals surface area contributed by atoms with Gasteiger partial charge in [-0.05, 0) is 116 Å². The summed E-state index contributed by atoms with van der Waals surface area (Å²) >= 11 is 0. The van der Waals surface area contributed by atoms with Crippen molar-refractivity contribution in [3.05, 3.63) is 85.1 Å². The molecule has 0 aliphatic carbocycles. The molecule has 0 aromatic heterocycles. The summed E-state index contributed by atoms with van der Waals surface area (Å²) in [4.78, 5) is 72.8. The number of rotatable bonds is 71. The zero-order valence-corrected chi connectivity index (χ0v) is 62.3. The number of aliphatic hydroxyl groups is 1. The topological polar surface area (TPSA) is 237 Å². The third kappa shape index (κ3) is 68.8. The SMILES string of the molecule is CC/C=C\C/C=C\C/C=C\CCCCCCCCCC(=O)OCC(COP(=O)(O)OCC(O)COP(=O)(O)OCC(COC(=O)CCCCCCC/C=C\C/C=C\CCCCC)OC(=O)CCCCCCCCCCCCC)OC(=O)CCCCCCC/C=C\C/C=C\CCC. The van der Waals surface area contributed by atoms with Gasteiger partial charge in [0.05, 0.1) is 26.4 Å². The molecular formula is C77H136O17P2. The molecule has 17 nitrogen and oxygen atoms in total. The summed E-state index contributed by atoms with van der Waals surface area (Å²) in [6.45, 7) is 4.65. The highest BCUT2D eigenvalue weighted by atomic mass is 31.2. The van der Waals surface area contributed by atoms with Crippen molar-refractivity contribution in [3.63, 3.8) is 0 Å². The number of hydrogen-bond donors (Lipinski definition) is 3. The Bertz CT molecular complexity index is 2160. The predicted octanol–water partition coefficient (Wildman–Crippen LogP) is 21.4. The maximum absolute atomic E-state index is 13.1. The number of phosphoric acid groups is 2. The normalized spacial score (nSPS) is 14.4. The molecule has 5 atom stereocenters. The summed E-state index contributed by atoms with van der Waals surface area (Å²) < 4.78 is 68.4. The largest absolute Gasteiger partial charge is 0.472 e. The summed E-state index contributed by atoms with van der Waals surface area (Å²) in [7, 11) is -9.94. The number of unbranched alkanes of at least 4 members (excludes halogenated alkanes) is 31. The van der Waals surface area contributed by atoms with Crippen molar-refractivity contribution >= 4 is 39.5 Å². The minimum absolute atomic E-state index is 0.0774. The van der Waals surface area contributed by atoms with Gasteiger partial charge in [-0.25, -0.2) is 9.13 Å². The van der Waals surface area contributed by atoms with E-state index in [9.17, 15) is 43.2 Å². The minimum atomic E-state index is -4.97. The zero-order chi connectivity index (χ0) is 70.4. The summed E-state index contributed by atoms with van der Waals surface area (Å²) in [5, 5.41) is 10.6. The van der Waals surface area contributed by atoms with Crippen LogP contribution in [0, 0.1) is 0 Å². The van der Waals surface area contributed by atoms with Gasteiger partial charge in [0.1, 0.15) is 19.3 Å². The molecule has 5 unspecified atom stereocenters. The molecule has 0 bridgehead atoms. The highest BCUT2D eigenvalue weighted by Gasteiger charge is 2.30. The first-order valence-corrected chi connectivity index (χ1v) is 40.8. The number of hydrogen-bond acceptors (Lipinski definition) is 15. The Labute approximate surface area is 583 Å². The number of ether oxygens (including phenoxy) is 4. The second kappa shape index (κ2) is 69.7. The number of carbonyl (C=O) groups is 4. The first-order valence-electron chi connectivity index (χ1n) is 37.8. The molecule has 0 rings (SSSR count). The number of esters is 4. The van der Waals surface area contributed by atoms with Crippen LogP contribution in [0.1, 0.15) is 323 Å². The molecule has 0 saturated heterocycles. The van der Waals surface area contributed by atoms with Crippen molar-refractivity contribution in [2.45, 2.75) is 341 Å². The van der Waals surface area contributed by atoms with Gasteiger partial charge in [-0.15, -0.1) is 0 Å². The van der Waals surface area contributed by atoms with Crippen molar-refractivity contribution in [1.29, 1.82) is 0 Å². The molecule has 0 saturated carbocycles. The zero-order valence-electron chi connectivity index (χ0n) is 60.5. The second-order valence-corrected chi connectivity index (χ2v) is 28.1. The Morgan fingerprint density at radius 2 is 0.562 bits per heavy atom. The molecule has 0 aliphatic heterocycles. The average Bonchev–Trinajstić information content (AvgIpc) is 1.17. The molecule has 0 aromatic carbocycles. The van der Waals surface area contributed by atoms with Gasteiger partial charge >= 0.3 is 39.5 Å². The van der Waals surface area contributed by atoms with Crippen LogP contribution < -0.4 is 0 Å². The third-order valence-corrected chi connectivity index (χ3v) is 17.7. The van der Waals surface area contributed by atoms with Crippen LogP contribution in [0.15, 0.2) is 85.1 Å². The van der Waals surface area contributed by atoms with Crippen LogP contribution >= 0.6 is 15.6 Å². The molecule has 0 heterocycles. The van der Waals surface area contributed by atoms with E-state index in [1.54, 1.807) is 0 Å². The van der Waals surface area contributed by atoms with Crippen LogP contribution in [0.5, 0.6) is 0 Å². The Morgan fingerprint density at radius 3 is 0.896 bits per heavy atom. The number of allylic oxidation sites excluding steroid dienone is 14. The van der Waals surface area contributed by atoms with Crippen LogP contribution in [0.3, 0.4) is 0 Å². The fourth-order valence-electron chi connectivity index (χ4n) is 10.1. The Hall–Kier alpha value is -3.76. The molecule has 0 amide bonds. The molecule has 556 valence electrons. The number of carbonyl (C=O) groups excluding carboxylic acids is 4. The smallest absolute Gasteiger partial charge is 0.462 e. The van der Waals surface area contributed by atoms with Crippen molar-refractivity contribution in [1.82, 2.24) is 0 Å². The molecule has 0 aromatic rings. The Kier molecular flexibility index (Phi) is 67.0. The van der Waals surface area contributed by atoms with Crippen LogP contribution in [0.25, 0.3) is 0 Å². The monoisotopic (exact) mass is 1390 g/mol. The fourth-order valence-corrected chi connectivity index (χ4v) is 11.6. The molecule has 19 heteroatoms. The first-order chi connectivity index (χ1) is 46.7. The summed E-state index contributed by atoms with van der Waals surface area (Å²) in [5.41, 5.74) is 0. The predicted molar refractivity (Wildman–Crippen MR) is 390 cm³/mol. The highest BCUT2D eigenvalue weighted by molar-refractivity contribution is 7.47. The molecule has 0 fully saturated rings. The summed E-state index contributed by atoms with van der Waals surface area (Å²) in [5.74, 6) is -2.20. The van der Waals surface area contributed by atoms with Crippen LogP contribution in [0.2, 0.25) is 0 Å². The molecule has 0 spiro atoms. The van der Waals surface area contributed by atoms with Crippen LogP contribution in [-0.4, -0.2) is 96.7 Å². The highest BCUT2D eigenvalue weighted by Crippen LogP contribution is 2.45. The van der Waals surface area contributed by atoms with E-state index in [0.29, 0.717) is 25.7 Å². The quantitative estimate of drug-likeness (QED) is 0.0169. The van der Waals surface area contributed by atoms with Gasteiger partial charge in [-0.3, -0.25) is 37.3 Å². The minimum Gasteiger partial charge on any atom is -0.462 e. The van der Waals surface area contributed by atoms with Gasteiger partial charge < -0.3 is 33.8 Å². The first kappa shape index (κ1) is 92.2. The van der Waals surface area contributed by atoms with E-state index in [2.05, 4.69) is 113 Å². The maximum Gasteiger partial charge on any atom is 0.472 e. The Morgan fingerprint density at radius 1 is 0.302 bits per heavy atom. The van der Waals surface area contributed by atoms with Gasteiger partial charge in [0.15, 0.2) is 12.2 Å². The molecule has 3 N–H and O–H groups in total. The fraction of sp³-hybridized carbons (Fsp3) is 0.766. The number of aliphatic hydroxyl groups excluding tert-OH is 1. The van der Waals surface area contributed by atoms with E-state index in [-0.39, 0.29) is 25.7 Å². The molecule has 96 heavy (non-hydrogen) atoms. The van der Waals surface area contributed by atoms with Gasteiger partial charge in [-0.1, -0.05) is 267 Å². The lowest BCUT2D eigenvalue weighted by Crippen LogP contribution is -2.30. The van der Waals surface area contributed by atoms with Crippen molar-refractivity contribution in [3.8, 4) is 0 Å². The van der Waals surface area contributed by atoms with Gasteiger partial charge in [-0.2, -0.15) is 0 Å². The van der Waals surface area contributed by atoms with Crippen molar-refractivity contribution in [2.75, 3.05) is 39.6 Å². The van der Waals surface area contributed by atoms with E-state index >= 15 is 0 Å². The lowest BCUT2D eigenvalue weighted by molar-refractivity contribution is -0.161. The average molecular weight is 1400 g/mol. The molecule has 0 radical (unpaired) electrons. The van der Waals surface area contributed by atoms with E-state index in [4.69, 9.17) is 37.0 Å². The molecular weight excluding hydrogens is 1260 g/mol. The number of phosphoric ester groups is 2. The second-order valence-electron chi connectivity index (χ2n) is 25.2. The lowest BCUT2D eigenvalue weighted by atomic mass is 10.1. The Balaban J connectivity index is 5.32. The van der Waals surface area contributed by atoms with Crippen molar-refractivity contribution in [2.24, 2.45) is 0 Å². The third-order valence-electron chi connectivity index (χ3n) is 15.8. The van der Waals surface area contributed by atoms with E-state index in [1.807, 2.05) is 0 Å². The van der Waals surface area contributed by atoms with Gasteiger partial charge in [0, 0.05) is 25.7 Å². The van der Waals surface area contributed by atoms with Crippen molar-refractivity contribution < 1.29 is 80.2 Å². The van der Waals surface area contributed by atoms with Gasteiger partial charge in [0.25, 0.3) is 0 Å². The van der Waals surface area contributed by atoms with E-state index in [1.165, 1.54) is 57.8 Å². The van der Waals surface area contributed by atoms with Crippen LogP contribution in [-0.2, 0) is 65.4 Å². The van der Waals surface area contributed by atoms with E-state index < -0.39 is 97.5 Å². The van der Waals surface area contributed by atoms with Crippen LogP contribution in [0.4, 0.5) is 0 Å². The lowest BCUT2D eigenvalue weighted by Gasteiger charge is -2.21. The molecule has 0 aliphatic rings. The van der Waals surface area contributed by atoms with Gasteiger partial charge in [0.2, 0.25) is 0 Å². The van der Waals surface area contributed by atoms with E-state index in [0.717, 1.165) is 186 Å². The summed E-state index contributed by atoms with van der Waals surface area (Å²) in [6.07, 6.45) is 70.0. The summed E-state index contributed by atoms with van der Waals surface area (Å²) in [6, 6.07) is 0.